The van der Waals surface area contributed by atoms with Gasteiger partial charge in [-0.3, -0.25) is 9.69 Å². The largest absolute Gasteiger partial charge is 0.490 e. The number of fused-ring (bicyclic) bond motifs is 3. The lowest BCUT2D eigenvalue weighted by atomic mass is 9.66. The Morgan fingerprint density at radius 1 is 1.12 bits per heavy atom. The van der Waals surface area contributed by atoms with Crippen molar-refractivity contribution >= 4 is 33.2 Å². The highest BCUT2D eigenvalue weighted by molar-refractivity contribution is 7.90. The molecule has 264 valence electrons. The molecule has 2 aromatic rings. The Morgan fingerprint density at radius 2 is 1.94 bits per heavy atom. The number of anilines is 1. The van der Waals surface area contributed by atoms with Gasteiger partial charge in [0.2, 0.25) is 10.0 Å². The number of rotatable bonds is 9. The summed E-state index contributed by atoms with van der Waals surface area (Å²) in [6.07, 6.45) is 14.7. The molecular weight excluding hydrogens is 654 g/mol. The molecule has 4 aliphatic rings. The van der Waals surface area contributed by atoms with Gasteiger partial charge in [0.1, 0.15) is 5.75 Å². The number of nitrogens with one attached hydrogen (secondary N) is 1. The smallest absolute Gasteiger partial charge is 0.264 e. The van der Waals surface area contributed by atoms with E-state index in [0.29, 0.717) is 24.0 Å². The van der Waals surface area contributed by atoms with Crippen LogP contribution in [0.4, 0.5) is 5.69 Å². The van der Waals surface area contributed by atoms with Gasteiger partial charge in [-0.05, 0) is 132 Å². The van der Waals surface area contributed by atoms with E-state index in [-0.39, 0.29) is 11.3 Å². The third kappa shape index (κ3) is 8.16. The predicted octanol–water partition coefficient (Wildman–Crippen LogP) is 7.38. The molecule has 0 radical (unpaired) electrons. The highest BCUT2D eigenvalue weighted by Crippen LogP contribution is 2.47. The standard InChI is InChI=1S/C40H52ClN3O4S/c1-4-5-11-30(13-10-23-43-21-7-6-8-22-43)35-17-14-33(35)26-44-27-40(20-9-12-31-24-34(41)16-18-36(31)40)28-48-38-19-15-32(25-37(38)44)39(45)42-49(46,47)29(2)3/h5,11,15-16,18-19,24-25,29-30,33,35H,4,6-9,12,14,17,20-23,26-28H2,1-3H3,(H,42,45)/b11-5+/t30-,33+,35+,40+/m1/s1. The maximum atomic E-state index is 13.3. The van der Waals surface area contributed by atoms with Gasteiger partial charge >= 0.3 is 0 Å². The summed E-state index contributed by atoms with van der Waals surface area (Å²) in [6, 6.07) is 11.6. The summed E-state index contributed by atoms with van der Waals surface area (Å²) >= 11 is 6.47. The Kier molecular flexibility index (Phi) is 11.3. The molecule has 1 amide bonds. The minimum absolute atomic E-state index is 0.205. The Hall–Kier alpha value is -2.99. The molecule has 2 aliphatic heterocycles. The van der Waals surface area contributed by atoms with E-state index in [1.54, 1.807) is 19.9 Å². The molecule has 4 atom stereocenters. The number of carbonyl (C=O) groups excluding carboxylic acids is 1. The van der Waals surface area contributed by atoms with Crippen molar-refractivity contribution in [3.63, 3.8) is 0 Å². The van der Waals surface area contributed by atoms with Gasteiger partial charge in [0, 0.05) is 35.0 Å². The molecule has 0 aromatic heterocycles. The molecular formula is C40H52ClN3O4S. The van der Waals surface area contributed by atoms with Crippen molar-refractivity contribution in [2.75, 3.05) is 44.2 Å². The lowest BCUT2D eigenvalue weighted by Crippen LogP contribution is -2.49. The number of halogens is 1. The van der Waals surface area contributed by atoms with E-state index in [4.69, 9.17) is 16.3 Å². The van der Waals surface area contributed by atoms with Gasteiger partial charge in [-0.25, -0.2) is 13.1 Å². The molecule has 6 rings (SSSR count). The number of nitrogens with zero attached hydrogens (tertiary/aromatic N) is 2. The predicted molar refractivity (Wildman–Crippen MR) is 199 cm³/mol. The van der Waals surface area contributed by atoms with Gasteiger partial charge < -0.3 is 9.64 Å². The van der Waals surface area contributed by atoms with Gasteiger partial charge in [-0.15, -0.1) is 0 Å². The number of sulfonamides is 1. The van der Waals surface area contributed by atoms with Gasteiger partial charge in [-0.2, -0.15) is 0 Å². The van der Waals surface area contributed by atoms with Crippen LogP contribution in [0.15, 0.2) is 48.6 Å². The Labute approximate surface area is 298 Å². The summed E-state index contributed by atoms with van der Waals surface area (Å²) in [7, 11) is -3.78. The normalized spacial score (nSPS) is 24.6. The first-order chi connectivity index (χ1) is 23.6. The van der Waals surface area contributed by atoms with Crippen LogP contribution in [0.3, 0.4) is 0 Å². The van der Waals surface area contributed by atoms with E-state index >= 15 is 0 Å². The fraction of sp³-hybridized carbons (Fsp3) is 0.575. The summed E-state index contributed by atoms with van der Waals surface area (Å²) in [5.41, 5.74) is 3.48. The third-order valence-corrected chi connectivity index (χ3v) is 13.1. The molecule has 9 heteroatoms. The number of benzene rings is 2. The van der Waals surface area contributed by atoms with E-state index in [1.807, 2.05) is 18.2 Å². The Morgan fingerprint density at radius 3 is 2.67 bits per heavy atom. The molecule has 2 aromatic carbocycles. The van der Waals surface area contributed by atoms with E-state index in [0.717, 1.165) is 87.7 Å². The van der Waals surface area contributed by atoms with Crippen molar-refractivity contribution in [2.24, 2.45) is 17.8 Å². The van der Waals surface area contributed by atoms with Crippen LogP contribution in [-0.4, -0.2) is 63.8 Å². The second-order valence-electron chi connectivity index (χ2n) is 14.8. The van der Waals surface area contributed by atoms with Crippen LogP contribution in [-0.2, 0) is 21.9 Å². The Balaban J connectivity index is 1.31. The van der Waals surface area contributed by atoms with Crippen molar-refractivity contribution in [3.05, 3.63) is 70.3 Å². The minimum atomic E-state index is -3.78. The zero-order chi connectivity index (χ0) is 34.6. The molecule has 1 spiro atoms. The zero-order valence-corrected chi connectivity index (χ0v) is 30.9. The summed E-state index contributed by atoms with van der Waals surface area (Å²) in [5, 5.41) is 0.0346. The van der Waals surface area contributed by atoms with Crippen LogP contribution >= 0.6 is 11.6 Å². The molecule has 0 bridgehead atoms. The number of allylic oxidation sites excluding steroid dienone is 2. The molecule has 2 heterocycles. The van der Waals surface area contributed by atoms with Gasteiger partial charge in [-0.1, -0.05) is 55.0 Å². The maximum Gasteiger partial charge on any atom is 0.264 e. The third-order valence-electron chi connectivity index (χ3n) is 11.1. The van der Waals surface area contributed by atoms with E-state index < -0.39 is 21.2 Å². The van der Waals surface area contributed by atoms with Crippen molar-refractivity contribution in [2.45, 2.75) is 89.2 Å². The van der Waals surface area contributed by atoms with Crippen molar-refractivity contribution in [1.29, 1.82) is 0 Å². The summed E-state index contributed by atoms with van der Waals surface area (Å²) in [5.74, 6) is 8.42. The summed E-state index contributed by atoms with van der Waals surface area (Å²) in [4.78, 5) is 18.2. The number of amides is 1. The van der Waals surface area contributed by atoms with Crippen molar-refractivity contribution in [3.8, 4) is 17.6 Å². The highest BCUT2D eigenvalue weighted by Gasteiger charge is 2.44. The van der Waals surface area contributed by atoms with Crippen LogP contribution in [0.1, 0.15) is 93.6 Å². The SMILES string of the molecule is CC/C=C/[C@H](C#CCN1CCCCC1)[C@@H]1CC[C@H]1CN1C[C@@]2(CCCc3cc(Cl)ccc32)COc2ccc(C(=O)NS(=O)(=O)C(C)C)cc21. The highest BCUT2D eigenvalue weighted by atomic mass is 35.5. The van der Waals surface area contributed by atoms with Crippen molar-refractivity contribution < 1.29 is 17.9 Å². The monoisotopic (exact) mass is 705 g/mol. The second kappa shape index (κ2) is 15.5. The van der Waals surface area contributed by atoms with E-state index in [9.17, 15) is 13.2 Å². The fourth-order valence-corrected chi connectivity index (χ4v) is 8.92. The first-order valence-electron chi connectivity index (χ1n) is 18.3. The van der Waals surface area contributed by atoms with Gasteiger partial charge in [0.15, 0.2) is 0 Å². The lowest BCUT2D eigenvalue weighted by molar-refractivity contribution is 0.0981. The summed E-state index contributed by atoms with van der Waals surface area (Å²) < 4.78 is 34.1. The number of aryl methyl sites for hydroxylation is 1. The van der Waals surface area contributed by atoms with Crippen LogP contribution in [0.25, 0.3) is 0 Å². The molecule has 2 fully saturated rings. The maximum absolute atomic E-state index is 13.3. The molecule has 49 heavy (non-hydrogen) atoms. The fourth-order valence-electron chi connectivity index (χ4n) is 8.11. The lowest BCUT2D eigenvalue weighted by Gasteiger charge is -2.45. The Bertz CT molecular complexity index is 1710. The first-order valence-corrected chi connectivity index (χ1v) is 20.2. The number of hydrogen-bond donors (Lipinski definition) is 1. The molecule has 2 aliphatic carbocycles. The average Bonchev–Trinajstić information content (AvgIpc) is 3.22. The number of carbonyl (C=O) groups is 1. The minimum Gasteiger partial charge on any atom is -0.490 e. The van der Waals surface area contributed by atoms with Gasteiger partial charge in [0.25, 0.3) is 5.91 Å². The van der Waals surface area contributed by atoms with Gasteiger partial charge in [0.05, 0.1) is 24.1 Å². The molecule has 7 nitrogen and oxygen atoms in total. The molecule has 1 N–H and O–H groups in total. The second-order valence-corrected chi connectivity index (χ2v) is 17.5. The van der Waals surface area contributed by atoms with E-state index in [1.165, 1.54) is 30.4 Å². The number of hydrogen-bond acceptors (Lipinski definition) is 6. The summed E-state index contributed by atoms with van der Waals surface area (Å²) in [6.45, 7) is 10.5. The van der Waals surface area contributed by atoms with Crippen LogP contribution in [0, 0.1) is 29.6 Å². The quantitative estimate of drug-likeness (QED) is 0.217. The average molecular weight is 706 g/mol. The van der Waals surface area contributed by atoms with Crippen LogP contribution in [0.2, 0.25) is 5.02 Å². The van der Waals surface area contributed by atoms with E-state index in [2.05, 4.69) is 57.6 Å². The number of ether oxygens (including phenoxy) is 1. The van der Waals surface area contributed by atoms with Crippen molar-refractivity contribution in [1.82, 2.24) is 9.62 Å². The number of piperidine rings is 1. The number of likely N-dealkylation sites (tertiary alicyclic amines) is 1. The van der Waals surface area contributed by atoms with Crippen LogP contribution in [0.5, 0.6) is 5.75 Å². The molecule has 1 saturated heterocycles. The molecule has 0 unspecified atom stereocenters. The first kappa shape index (κ1) is 35.8. The zero-order valence-electron chi connectivity index (χ0n) is 29.3. The topological polar surface area (TPSA) is 79.0 Å². The van der Waals surface area contributed by atoms with Crippen LogP contribution < -0.4 is 14.4 Å². The molecule has 1 saturated carbocycles.